The van der Waals surface area contributed by atoms with Crippen molar-refractivity contribution in [3.8, 4) is 0 Å². The average Bonchev–Trinajstić information content (AvgIpc) is 3.36. The highest BCUT2D eigenvalue weighted by Crippen LogP contribution is 2.35. The van der Waals surface area contributed by atoms with Crippen molar-refractivity contribution in [1.29, 1.82) is 0 Å². The van der Waals surface area contributed by atoms with Gasteiger partial charge < -0.3 is 14.3 Å². The molecule has 1 aromatic heterocycles. The van der Waals surface area contributed by atoms with E-state index in [1.807, 2.05) is 11.5 Å². The number of aliphatic imine (C=N–C) groups is 2. The van der Waals surface area contributed by atoms with E-state index in [2.05, 4.69) is 26.9 Å². The van der Waals surface area contributed by atoms with Gasteiger partial charge in [0.05, 0.1) is 25.2 Å². The molecule has 1 fully saturated rings. The molecule has 2 atom stereocenters. The van der Waals surface area contributed by atoms with Gasteiger partial charge in [-0.05, 0) is 26.8 Å². The quantitative estimate of drug-likeness (QED) is 0.278. The maximum atomic E-state index is 13.0. The highest BCUT2D eigenvalue weighted by molar-refractivity contribution is 7.10. The van der Waals surface area contributed by atoms with Crippen LogP contribution in [0.15, 0.2) is 40.3 Å². The minimum Gasteiger partial charge on any atom is -0.560 e. The zero-order chi connectivity index (χ0) is 24.0. The molecule has 33 heavy (non-hydrogen) atoms. The predicted molar refractivity (Wildman–Crippen MR) is 128 cm³/mol. The second-order valence-electron chi connectivity index (χ2n) is 8.15. The van der Waals surface area contributed by atoms with Gasteiger partial charge in [-0.25, -0.2) is 19.6 Å². The molecule has 1 aromatic rings. The number of urea groups is 1. The zero-order valence-electron chi connectivity index (χ0n) is 19.1. The molecular formula is C20H27BN6O5S. The summed E-state index contributed by atoms with van der Waals surface area (Å²) in [6.07, 6.45) is 5.72. The van der Waals surface area contributed by atoms with E-state index in [0.29, 0.717) is 6.54 Å². The lowest BCUT2D eigenvalue weighted by atomic mass is 9.99. The number of rotatable bonds is 7. The van der Waals surface area contributed by atoms with E-state index >= 15 is 0 Å². The number of guanidine groups is 1. The third kappa shape index (κ3) is 6.20. The maximum absolute atomic E-state index is 13.0. The van der Waals surface area contributed by atoms with Crippen molar-refractivity contribution >= 4 is 49.4 Å². The first kappa shape index (κ1) is 24.5. The topological polar surface area (TPSA) is 118 Å². The molecule has 2 aliphatic heterocycles. The molecule has 3 rings (SSSR count). The molecule has 1 saturated heterocycles. The van der Waals surface area contributed by atoms with E-state index in [-0.39, 0.29) is 31.2 Å². The van der Waals surface area contributed by atoms with Crippen LogP contribution in [-0.4, -0.2) is 84.9 Å². The Labute approximate surface area is 197 Å². The Morgan fingerprint density at radius 3 is 2.91 bits per heavy atom. The number of thiazole rings is 1. The molecule has 3 heterocycles. The third-order valence-electron chi connectivity index (χ3n) is 4.54. The fourth-order valence-electron chi connectivity index (χ4n) is 3.33. The number of nitrogens with zero attached hydrogens (tertiary/aromatic N) is 5. The number of ether oxygens (including phenoxy) is 1. The summed E-state index contributed by atoms with van der Waals surface area (Å²) >= 11 is 1.47. The van der Waals surface area contributed by atoms with Crippen LogP contribution in [0.2, 0.25) is 0 Å². The fourth-order valence-corrected chi connectivity index (χ4v) is 4.05. The van der Waals surface area contributed by atoms with E-state index in [0.717, 1.165) is 17.0 Å². The summed E-state index contributed by atoms with van der Waals surface area (Å²) in [6.45, 7) is 9.69. The molecule has 2 aliphatic rings. The number of aromatic nitrogens is 1. The molecule has 0 spiro atoms. The fraction of sp³-hybridized carbons (Fsp3) is 0.450. The number of carbonyl (C=O) groups is 2. The SMILES string of the molecule is BOC=N/C(=N/C[C@@H]1C(c2nccs2)=C[C@@H]2CN1C(=O)N2OCC=C)NC(=O)OC(C)(C)C. The largest absolute Gasteiger partial charge is 0.560 e. The predicted octanol–water partition coefficient (Wildman–Crippen LogP) is 1.61. The van der Waals surface area contributed by atoms with Crippen LogP contribution in [0.4, 0.5) is 9.59 Å². The number of alkyl carbamates (subject to hydrolysis) is 1. The van der Waals surface area contributed by atoms with Gasteiger partial charge in [0.25, 0.3) is 0 Å². The van der Waals surface area contributed by atoms with Crippen LogP contribution in [0.1, 0.15) is 25.8 Å². The van der Waals surface area contributed by atoms with E-state index < -0.39 is 17.7 Å². The van der Waals surface area contributed by atoms with Gasteiger partial charge in [0.15, 0.2) is 6.40 Å². The first-order valence-corrected chi connectivity index (χ1v) is 11.2. The van der Waals surface area contributed by atoms with Crippen molar-refractivity contribution < 1.29 is 23.8 Å². The van der Waals surface area contributed by atoms with Crippen LogP contribution in [-0.2, 0) is 14.2 Å². The minimum absolute atomic E-state index is 0.00174. The Morgan fingerprint density at radius 1 is 1.48 bits per heavy atom. The Morgan fingerprint density at radius 2 is 2.27 bits per heavy atom. The highest BCUT2D eigenvalue weighted by atomic mass is 32.1. The number of nitrogens with one attached hydrogen (secondary N) is 1. The highest BCUT2D eigenvalue weighted by Gasteiger charge is 2.46. The van der Waals surface area contributed by atoms with Crippen molar-refractivity contribution in [3.63, 3.8) is 0 Å². The van der Waals surface area contributed by atoms with Gasteiger partial charge in [-0.1, -0.05) is 6.08 Å². The summed E-state index contributed by atoms with van der Waals surface area (Å²) in [5, 5.41) is 6.52. The second-order valence-corrected chi connectivity index (χ2v) is 9.04. The van der Waals surface area contributed by atoms with Gasteiger partial charge >= 0.3 is 20.2 Å². The van der Waals surface area contributed by atoms with Crippen molar-refractivity contribution in [3.05, 3.63) is 35.3 Å². The van der Waals surface area contributed by atoms with Crippen LogP contribution in [0, 0.1) is 0 Å². The van der Waals surface area contributed by atoms with E-state index in [1.165, 1.54) is 24.4 Å². The molecule has 0 saturated carbocycles. The molecule has 176 valence electrons. The van der Waals surface area contributed by atoms with Crippen molar-refractivity contribution in [1.82, 2.24) is 20.3 Å². The molecule has 13 heteroatoms. The molecule has 2 bridgehead atoms. The number of hydrogen-bond donors (Lipinski definition) is 1. The standard InChI is InChI=1S/C20H27BN6O5S/c1-5-7-31-27-13-9-14(16-22-6-8-33-16)15(26(11-13)19(27)29)10-23-17(24-12-30-21)25-18(28)32-20(2,3)4/h5-6,8-9,12-13,15H,1,7,10-11,21H2,2-4H3,(H,23,25,28)/t13-,15-/m1/s1. The van der Waals surface area contributed by atoms with Gasteiger partial charge in [-0.3, -0.25) is 10.2 Å². The van der Waals surface area contributed by atoms with E-state index in [1.54, 1.807) is 37.9 Å². The third-order valence-corrected chi connectivity index (χ3v) is 5.37. The Kier molecular flexibility index (Phi) is 7.87. The summed E-state index contributed by atoms with van der Waals surface area (Å²) in [6, 6.07) is -0.945. The van der Waals surface area contributed by atoms with Crippen LogP contribution in [0.25, 0.3) is 5.57 Å². The molecule has 1 N–H and O–H groups in total. The lowest BCUT2D eigenvalue weighted by molar-refractivity contribution is -0.107. The smallest absolute Gasteiger partial charge is 0.414 e. The summed E-state index contributed by atoms with van der Waals surface area (Å²) in [5.41, 5.74) is 0.172. The number of hydroxylamine groups is 2. The number of amides is 3. The second kappa shape index (κ2) is 10.6. The minimum atomic E-state index is -0.699. The molecule has 0 radical (unpaired) electrons. The lowest BCUT2D eigenvalue weighted by Crippen LogP contribution is -2.43. The molecule has 0 aliphatic carbocycles. The number of fused-ring (bicyclic) bond motifs is 2. The lowest BCUT2D eigenvalue weighted by Gasteiger charge is -2.29. The Balaban J connectivity index is 1.86. The molecular weight excluding hydrogens is 447 g/mol. The molecule has 3 amide bonds. The summed E-state index contributed by atoms with van der Waals surface area (Å²) in [4.78, 5) is 45.4. The summed E-state index contributed by atoms with van der Waals surface area (Å²) in [7, 11) is 1.43. The number of hydrogen-bond acceptors (Lipinski definition) is 8. The first-order chi connectivity index (χ1) is 15.7. The van der Waals surface area contributed by atoms with Crippen LogP contribution >= 0.6 is 11.3 Å². The molecule has 11 nitrogen and oxygen atoms in total. The van der Waals surface area contributed by atoms with Crippen LogP contribution in [0.3, 0.4) is 0 Å². The van der Waals surface area contributed by atoms with Crippen molar-refractivity contribution in [2.24, 2.45) is 9.98 Å². The summed E-state index contributed by atoms with van der Waals surface area (Å²) < 4.78 is 10.1. The first-order valence-electron chi connectivity index (χ1n) is 10.3. The van der Waals surface area contributed by atoms with Crippen molar-refractivity contribution in [2.45, 2.75) is 38.5 Å². The van der Waals surface area contributed by atoms with Gasteiger partial charge in [-0.15, -0.1) is 17.9 Å². The van der Waals surface area contributed by atoms with E-state index in [4.69, 9.17) is 14.2 Å². The normalized spacial score (nSPS) is 20.8. The van der Waals surface area contributed by atoms with Gasteiger partial charge in [0.1, 0.15) is 10.6 Å². The van der Waals surface area contributed by atoms with Crippen LogP contribution < -0.4 is 5.32 Å². The van der Waals surface area contributed by atoms with E-state index in [9.17, 15) is 9.59 Å². The molecule has 0 unspecified atom stereocenters. The van der Waals surface area contributed by atoms with Gasteiger partial charge in [0.2, 0.25) is 5.96 Å². The van der Waals surface area contributed by atoms with Crippen molar-refractivity contribution in [2.75, 3.05) is 19.7 Å². The summed E-state index contributed by atoms with van der Waals surface area (Å²) in [5.74, 6) is -0.00174. The van der Waals surface area contributed by atoms with Crippen LogP contribution in [0.5, 0.6) is 0 Å². The Bertz CT molecular complexity index is 959. The average molecular weight is 474 g/mol. The zero-order valence-corrected chi connectivity index (χ0v) is 19.9. The molecule has 0 aromatic carbocycles. The van der Waals surface area contributed by atoms with Gasteiger partial charge in [-0.2, -0.15) is 10.1 Å². The van der Waals surface area contributed by atoms with Gasteiger partial charge in [0, 0.05) is 23.7 Å². The number of carbonyl (C=O) groups excluding carboxylic acids is 2. The Hall–Kier alpha value is -3.19. The maximum Gasteiger partial charge on any atom is 0.414 e. The monoisotopic (exact) mass is 474 g/mol.